The van der Waals surface area contributed by atoms with Gasteiger partial charge in [0.2, 0.25) is 0 Å². The molecule has 0 saturated carbocycles. The molecule has 2 rings (SSSR count). The maximum absolute atomic E-state index is 5.36. The van der Waals surface area contributed by atoms with E-state index in [0.717, 1.165) is 48.5 Å². The number of hydrogen-bond donors (Lipinski definition) is 2. The molecule has 0 amide bonds. The van der Waals surface area contributed by atoms with E-state index in [1.165, 1.54) is 4.88 Å². The van der Waals surface area contributed by atoms with Crippen LogP contribution in [0.15, 0.2) is 34.0 Å². The first-order valence-electron chi connectivity index (χ1n) is 8.15. The number of hydrogen-bond acceptors (Lipinski definition) is 5. The molecule has 0 saturated heterocycles. The molecule has 0 aromatic carbocycles. The average molecular weight is 494 g/mol. The topological polar surface area (TPSA) is 62.5 Å². The molecule has 0 radical (unpaired) electrons. The molecule has 2 N–H and O–H groups in total. The number of nitrogens with one attached hydrogen (secondary N) is 2. The number of rotatable bonds is 9. The van der Waals surface area contributed by atoms with Crippen molar-refractivity contribution in [3.63, 3.8) is 0 Å². The van der Waals surface area contributed by atoms with Crippen molar-refractivity contribution in [1.29, 1.82) is 0 Å². The molecule has 2 aromatic heterocycles. The van der Waals surface area contributed by atoms with Crippen LogP contribution in [0.5, 0.6) is 0 Å². The minimum absolute atomic E-state index is 0. The highest BCUT2D eigenvalue weighted by molar-refractivity contribution is 14.0. The number of nitrogens with zero attached hydrogens (tertiary/aromatic N) is 2. The fraction of sp³-hybridized carbons (Fsp3) is 0.529. The highest BCUT2D eigenvalue weighted by atomic mass is 127. The van der Waals surface area contributed by atoms with Gasteiger partial charge in [-0.3, -0.25) is 4.99 Å². The van der Waals surface area contributed by atoms with E-state index < -0.39 is 0 Å². The molecule has 0 aliphatic carbocycles. The van der Waals surface area contributed by atoms with Crippen LogP contribution in [0.2, 0.25) is 0 Å². The number of guanidine groups is 1. The van der Waals surface area contributed by atoms with Crippen molar-refractivity contribution in [1.82, 2.24) is 15.6 Å². The predicted octanol–water partition coefficient (Wildman–Crippen LogP) is 3.91. The van der Waals surface area contributed by atoms with E-state index in [9.17, 15) is 0 Å². The number of aliphatic imine (C=N–C) groups is 1. The maximum atomic E-state index is 5.36. The Morgan fingerprint density at radius 3 is 2.84 bits per heavy atom. The number of thioether (sulfide) groups is 1. The summed E-state index contributed by atoms with van der Waals surface area (Å²) in [7, 11) is 0. The van der Waals surface area contributed by atoms with E-state index in [0.29, 0.717) is 5.92 Å². The van der Waals surface area contributed by atoms with Gasteiger partial charge in [-0.05, 0) is 25.3 Å². The van der Waals surface area contributed by atoms with Gasteiger partial charge in [-0.1, -0.05) is 6.92 Å². The van der Waals surface area contributed by atoms with Gasteiger partial charge in [-0.15, -0.1) is 35.3 Å². The van der Waals surface area contributed by atoms with Gasteiger partial charge < -0.3 is 15.1 Å². The Morgan fingerprint density at radius 2 is 2.20 bits per heavy atom. The molecule has 2 heterocycles. The number of thiazole rings is 1. The van der Waals surface area contributed by atoms with Crippen molar-refractivity contribution in [3.8, 4) is 0 Å². The van der Waals surface area contributed by atoms with Crippen molar-refractivity contribution < 1.29 is 4.42 Å². The summed E-state index contributed by atoms with van der Waals surface area (Å²) in [5.41, 5.74) is 0. The first kappa shape index (κ1) is 22.3. The number of aryl methyl sites for hydroxylation is 1. The molecular weight excluding hydrogens is 467 g/mol. The summed E-state index contributed by atoms with van der Waals surface area (Å²) in [4.78, 5) is 10.4. The molecule has 5 nitrogen and oxygen atoms in total. The van der Waals surface area contributed by atoms with Gasteiger partial charge in [0.25, 0.3) is 0 Å². The van der Waals surface area contributed by atoms with Crippen molar-refractivity contribution in [2.24, 2.45) is 4.99 Å². The third-order valence-electron chi connectivity index (χ3n) is 3.43. The van der Waals surface area contributed by atoms with Crippen molar-refractivity contribution in [2.45, 2.75) is 26.2 Å². The first-order chi connectivity index (χ1) is 11.7. The van der Waals surface area contributed by atoms with Crippen LogP contribution in [0.3, 0.4) is 0 Å². The molecule has 8 heteroatoms. The summed E-state index contributed by atoms with van der Waals surface area (Å²) >= 11 is 3.57. The largest absolute Gasteiger partial charge is 0.469 e. The summed E-state index contributed by atoms with van der Waals surface area (Å²) in [6.07, 6.45) is 6.59. The second-order valence-electron chi connectivity index (χ2n) is 5.58. The molecule has 1 unspecified atom stereocenters. The normalized spacial score (nSPS) is 12.5. The summed E-state index contributed by atoms with van der Waals surface area (Å²) in [6.45, 7) is 6.68. The minimum Gasteiger partial charge on any atom is -0.469 e. The predicted molar refractivity (Wildman–Crippen MR) is 120 cm³/mol. The molecule has 25 heavy (non-hydrogen) atoms. The maximum Gasteiger partial charge on any atom is 0.191 e. The Morgan fingerprint density at radius 1 is 1.40 bits per heavy atom. The summed E-state index contributed by atoms with van der Waals surface area (Å²) in [6, 6.07) is 3.91. The van der Waals surface area contributed by atoms with Gasteiger partial charge in [0.1, 0.15) is 5.76 Å². The SMILES string of the molecule is CSCCNC(=NCC(C)c1ncc(C)s1)NCCc1ccco1.I. The number of aromatic nitrogens is 1. The molecule has 140 valence electrons. The minimum atomic E-state index is 0. The number of halogens is 1. The molecule has 0 fully saturated rings. The standard InChI is InChI=1S/C17H26N4OS2.HI/c1-13(16-20-12-14(2)24-16)11-21-17(19-8-10-23-3)18-7-6-15-5-4-9-22-15;/h4-5,9,12-13H,6-8,10-11H2,1-3H3,(H2,18,19,21);1H. The van der Waals surface area contributed by atoms with Crippen LogP contribution in [0.4, 0.5) is 0 Å². The first-order valence-corrected chi connectivity index (χ1v) is 10.4. The van der Waals surface area contributed by atoms with Crippen LogP contribution in [0.1, 0.15) is 28.5 Å². The fourth-order valence-corrected chi connectivity index (χ4v) is 3.23. The van der Waals surface area contributed by atoms with Crippen molar-refractivity contribution in [3.05, 3.63) is 40.2 Å². The van der Waals surface area contributed by atoms with Crippen LogP contribution < -0.4 is 10.6 Å². The highest BCUT2D eigenvalue weighted by Gasteiger charge is 2.09. The van der Waals surface area contributed by atoms with Gasteiger partial charge in [0.05, 0.1) is 17.8 Å². The second-order valence-corrected chi connectivity index (χ2v) is 7.83. The lowest BCUT2D eigenvalue weighted by molar-refractivity contribution is 0.507. The summed E-state index contributed by atoms with van der Waals surface area (Å²) < 4.78 is 5.36. The van der Waals surface area contributed by atoms with E-state index in [2.05, 4.69) is 35.7 Å². The zero-order valence-electron chi connectivity index (χ0n) is 14.9. The van der Waals surface area contributed by atoms with Gasteiger partial charge in [0.15, 0.2) is 5.96 Å². The molecular formula is C17H27IN4OS2. The van der Waals surface area contributed by atoms with Crippen molar-refractivity contribution >= 4 is 53.0 Å². The van der Waals surface area contributed by atoms with Gasteiger partial charge in [-0.2, -0.15) is 11.8 Å². The molecule has 0 aliphatic heterocycles. The third kappa shape index (κ3) is 8.46. The smallest absolute Gasteiger partial charge is 0.191 e. The Labute approximate surface area is 175 Å². The van der Waals surface area contributed by atoms with E-state index in [-0.39, 0.29) is 24.0 Å². The Balaban J connectivity index is 0.00000312. The highest BCUT2D eigenvalue weighted by Crippen LogP contribution is 2.21. The van der Waals surface area contributed by atoms with E-state index in [1.54, 1.807) is 17.6 Å². The monoisotopic (exact) mass is 494 g/mol. The molecule has 2 aromatic rings. The van der Waals surface area contributed by atoms with Crippen LogP contribution in [-0.4, -0.2) is 42.6 Å². The summed E-state index contributed by atoms with van der Waals surface area (Å²) in [5, 5.41) is 7.91. The quantitative estimate of drug-likeness (QED) is 0.240. The Kier molecular flexibility index (Phi) is 11.2. The molecule has 0 bridgehead atoms. The van der Waals surface area contributed by atoms with E-state index in [4.69, 9.17) is 9.41 Å². The van der Waals surface area contributed by atoms with Gasteiger partial charge in [-0.25, -0.2) is 4.98 Å². The molecule has 1 atom stereocenters. The zero-order chi connectivity index (χ0) is 17.2. The lowest BCUT2D eigenvalue weighted by Gasteiger charge is -2.13. The Bertz CT molecular complexity index is 616. The van der Waals surface area contributed by atoms with Gasteiger partial charge in [0, 0.05) is 42.3 Å². The fourth-order valence-electron chi connectivity index (χ4n) is 2.11. The van der Waals surface area contributed by atoms with Gasteiger partial charge >= 0.3 is 0 Å². The Hall–Kier alpha value is -0.740. The second kappa shape index (κ2) is 12.6. The van der Waals surface area contributed by atoms with Crippen LogP contribution in [0.25, 0.3) is 0 Å². The summed E-state index contributed by atoms with van der Waals surface area (Å²) in [5.74, 6) is 3.22. The van der Waals surface area contributed by atoms with Crippen molar-refractivity contribution in [2.75, 3.05) is 31.6 Å². The average Bonchev–Trinajstić information content (AvgIpc) is 3.23. The van der Waals surface area contributed by atoms with Crippen LogP contribution in [-0.2, 0) is 6.42 Å². The number of furan rings is 1. The lowest BCUT2D eigenvalue weighted by atomic mass is 10.2. The van der Waals surface area contributed by atoms with E-state index in [1.807, 2.05) is 30.1 Å². The molecule has 0 aliphatic rings. The van der Waals surface area contributed by atoms with Crippen LogP contribution in [0, 0.1) is 6.92 Å². The molecule has 0 spiro atoms. The van der Waals surface area contributed by atoms with Crippen LogP contribution >= 0.6 is 47.1 Å². The lowest BCUT2D eigenvalue weighted by Crippen LogP contribution is -2.39. The zero-order valence-corrected chi connectivity index (χ0v) is 18.9. The third-order valence-corrected chi connectivity index (χ3v) is 5.18. The van der Waals surface area contributed by atoms with E-state index >= 15 is 0 Å².